The van der Waals surface area contributed by atoms with Gasteiger partial charge in [0.2, 0.25) is 5.91 Å². The van der Waals surface area contributed by atoms with Gasteiger partial charge < -0.3 is 9.88 Å². The van der Waals surface area contributed by atoms with Crippen molar-refractivity contribution >= 4 is 27.7 Å². The summed E-state index contributed by atoms with van der Waals surface area (Å²) in [5.41, 5.74) is 1.27. The van der Waals surface area contributed by atoms with E-state index in [-0.39, 0.29) is 11.5 Å². The van der Waals surface area contributed by atoms with E-state index in [1.165, 1.54) is 4.68 Å². The van der Waals surface area contributed by atoms with Crippen molar-refractivity contribution in [2.45, 2.75) is 38.3 Å². The molecule has 0 unspecified atom stereocenters. The Labute approximate surface area is 139 Å². The van der Waals surface area contributed by atoms with Crippen LogP contribution in [0.15, 0.2) is 35.3 Å². The van der Waals surface area contributed by atoms with Crippen molar-refractivity contribution in [1.29, 1.82) is 0 Å². The Hall–Kier alpha value is -2.63. The Bertz CT molecular complexity index is 997. The average molecular weight is 324 g/mol. The molecule has 0 bridgehead atoms. The smallest absolute Gasteiger partial charge is 0.291 e. The lowest BCUT2D eigenvalue weighted by Crippen LogP contribution is -2.34. The number of aromatic nitrogens is 3. The lowest BCUT2D eigenvalue weighted by molar-refractivity contribution is -0.124. The molecular weight excluding hydrogens is 304 g/mol. The molecule has 0 aliphatic heterocycles. The standard InChI is InChI=1S/C18H20N4O2/c1-3-14(17(23)20-11-8-9-11)22-15-7-5-4-6-12(15)13-10-19-21(2)18(24)16(13)22/h4-7,10-11,14H,3,8-9H2,1-2H3,(H,20,23)/t14-/m1/s1. The minimum atomic E-state index is -0.400. The third-order valence-corrected chi connectivity index (χ3v) is 4.73. The minimum absolute atomic E-state index is 0.0125. The molecule has 3 aromatic rings. The van der Waals surface area contributed by atoms with Crippen molar-refractivity contribution in [3.05, 3.63) is 40.8 Å². The van der Waals surface area contributed by atoms with Crippen LogP contribution >= 0.6 is 0 Å². The lowest BCUT2D eigenvalue weighted by Gasteiger charge is -2.19. The number of hydrogen-bond donors (Lipinski definition) is 1. The van der Waals surface area contributed by atoms with Gasteiger partial charge >= 0.3 is 0 Å². The van der Waals surface area contributed by atoms with Crippen LogP contribution in [-0.2, 0) is 11.8 Å². The summed E-state index contributed by atoms with van der Waals surface area (Å²) in [6, 6.07) is 7.70. The molecule has 4 rings (SSSR count). The SMILES string of the molecule is CC[C@H](C(=O)NC1CC1)n1c2ccccc2c2cnn(C)c(=O)c21. The van der Waals surface area contributed by atoms with Gasteiger partial charge in [0.05, 0.1) is 11.7 Å². The highest BCUT2D eigenvalue weighted by molar-refractivity contribution is 6.08. The van der Waals surface area contributed by atoms with Gasteiger partial charge in [-0.15, -0.1) is 0 Å². The molecule has 1 N–H and O–H groups in total. The van der Waals surface area contributed by atoms with Crippen LogP contribution < -0.4 is 10.9 Å². The Morgan fingerprint density at radius 3 is 2.79 bits per heavy atom. The molecule has 124 valence electrons. The van der Waals surface area contributed by atoms with Crippen LogP contribution in [0.5, 0.6) is 0 Å². The maximum atomic E-state index is 12.8. The van der Waals surface area contributed by atoms with Gasteiger partial charge in [0.15, 0.2) is 0 Å². The van der Waals surface area contributed by atoms with Crippen LogP contribution in [0.2, 0.25) is 0 Å². The molecular formula is C18H20N4O2. The van der Waals surface area contributed by atoms with Crippen molar-refractivity contribution in [2.75, 3.05) is 0 Å². The quantitative estimate of drug-likeness (QED) is 0.799. The number of amides is 1. The maximum Gasteiger partial charge on any atom is 0.291 e. The molecule has 1 saturated carbocycles. The number of aryl methyl sites for hydroxylation is 1. The zero-order valence-corrected chi connectivity index (χ0v) is 13.8. The number of nitrogens with one attached hydrogen (secondary N) is 1. The van der Waals surface area contributed by atoms with Gasteiger partial charge in [0, 0.05) is 23.9 Å². The first kappa shape index (κ1) is 14.9. The van der Waals surface area contributed by atoms with E-state index in [0.29, 0.717) is 18.0 Å². The van der Waals surface area contributed by atoms with E-state index in [1.807, 2.05) is 35.8 Å². The van der Waals surface area contributed by atoms with Crippen molar-refractivity contribution in [2.24, 2.45) is 7.05 Å². The molecule has 6 nitrogen and oxygen atoms in total. The van der Waals surface area contributed by atoms with Crippen LogP contribution in [0.3, 0.4) is 0 Å². The molecule has 2 heterocycles. The number of fused-ring (bicyclic) bond motifs is 3. The van der Waals surface area contributed by atoms with Gasteiger partial charge in [-0.3, -0.25) is 9.59 Å². The highest BCUT2D eigenvalue weighted by Crippen LogP contribution is 2.31. The molecule has 24 heavy (non-hydrogen) atoms. The van der Waals surface area contributed by atoms with Gasteiger partial charge in [-0.05, 0) is 25.3 Å². The normalized spacial score (nSPS) is 15.8. The van der Waals surface area contributed by atoms with Gasteiger partial charge in [0.25, 0.3) is 5.56 Å². The summed E-state index contributed by atoms with van der Waals surface area (Å²) in [5.74, 6) is -0.0125. The predicted octanol–water partition coefficient (Wildman–Crippen LogP) is 2.12. The van der Waals surface area contributed by atoms with Crippen LogP contribution in [0.25, 0.3) is 21.8 Å². The van der Waals surface area contributed by atoms with Gasteiger partial charge in [-0.2, -0.15) is 5.10 Å². The fourth-order valence-corrected chi connectivity index (χ4v) is 3.32. The highest BCUT2D eigenvalue weighted by Gasteiger charge is 2.30. The summed E-state index contributed by atoms with van der Waals surface area (Å²) in [6.45, 7) is 1.98. The topological polar surface area (TPSA) is 68.9 Å². The first-order chi connectivity index (χ1) is 11.6. The molecule has 1 aliphatic carbocycles. The number of nitrogens with zero attached hydrogens (tertiary/aromatic N) is 3. The summed E-state index contributed by atoms with van der Waals surface area (Å²) in [4.78, 5) is 25.5. The molecule has 1 aromatic carbocycles. The monoisotopic (exact) mass is 324 g/mol. The fourth-order valence-electron chi connectivity index (χ4n) is 3.32. The van der Waals surface area contributed by atoms with Crippen molar-refractivity contribution in [3.63, 3.8) is 0 Å². The molecule has 0 saturated heterocycles. The number of benzene rings is 1. The number of para-hydroxylation sites is 1. The van der Waals surface area contributed by atoms with E-state index in [1.54, 1.807) is 13.2 Å². The predicted molar refractivity (Wildman–Crippen MR) is 93.0 cm³/mol. The summed E-state index contributed by atoms with van der Waals surface area (Å²) < 4.78 is 3.22. The van der Waals surface area contributed by atoms with E-state index in [0.717, 1.165) is 29.1 Å². The van der Waals surface area contributed by atoms with Crippen molar-refractivity contribution in [1.82, 2.24) is 19.7 Å². The van der Waals surface area contributed by atoms with E-state index in [4.69, 9.17) is 0 Å². The van der Waals surface area contributed by atoms with Crippen LogP contribution in [0.1, 0.15) is 32.2 Å². The van der Waals surface area contributed by atoms with E-state index < -0.39 is 6.04 Å². The zero-order chi connectivity index (χ0) is 16.8. The molecule has 1 fully saturated rings. The molecule has 2 aromatic heterocycles. The first-order valence-corrected chi connectivity index (χ1v) is 8.37. The third-order valence-electron chi connectivity index (χ3n) is 4.73. The number of hydrogen-bond acceptors (Lipinski definition) is 3. The molecule has 0 spiro atoms. The first-order valence-electron chi connectivity index (χ1n) is 8.37. The second kappa shape index (κ2) is 5.47. The molecule has 1 atom stereocenters. The second-order valence-corrected chi connectivity index (χ2v) is 6.43. The summed E-state index contributed by atoms with van der Waals surface area (Å²) >= 11 is 0. The van der Waals surface area contributed by atoms with E-state index >= 15 is 0 Å². The van der Waals surface area contributed by atoms with Crippen LogP contribution in [-0.4, -0.2) is 26.3 Å². The van der Waals surface area contributed by atoms with Crippen molar-refractivity contribution in [3.8, 4) is 0 Å². The minimum Gasteiger partial charge on any atom is -0.352 e. The third kappa shape index (κ3) is 2.21. The maximum absolute atomic E-state index is 12.8. The van der Waals surface area contributed by atoms with Gasteiger partial charge in [-0.25, -0.2) is 4.68 Å². The Morgan fingerprint density at radius 2 is 2.08 bits per heavy atom. The molecule has 1 amide bonds. The summed E-state index contributed by atoms with van der Waals surface area (Å²) in [5, 5.41) is 8.97. The Morgan fingerprint density at radius 1 is 1.33 bits per heavy atom. The lowest BCUT2D eigenvalue weighted by atomic mass is 10.2. The largest absolute Gasteiger partial charge is 0.352 e. The van der Waals surface area contributed by atoms with Crippen LogP contribution in [0.4, 0.5) is 0 Å². The molecule has 6 heteroatoms. The summed E-state index contributed by atoms with van der Waals surface area (Å²) in [7, 11) is 1.63. The molecule has 0 radical (unpaired) electrons. The Balaban J connectivity index is 2.01. The number of carbonyl (C=O) groups excluding carboxylic acids is 1. The zero-order valence-electron chi connectivity index (χ0n) is 13.8. The van der Waals surface area contributed by atoms with Crippen LogP contribution in [0, 0.1) is 0 Å². The van der Waals surface area contributed by atoms with Gasteiger partial charge in [-0.1, -0.05) is 25.1 Å². The Kier molecular flexibility index (Phi) is 3.40. The highest BCUT2D eigenvalue weighted by atomic mass is 16.2. The van der Waals surface area contributed by atoms with Crippen molar-refractivity contribution < 1.29 is 4.79 Å². The second-order valence-electron chi connectivity index (χ2n) is 6.43. The number of carbonyl (C=O) groups is 1. The molecule has 1 aliphatic rings. The number of rotatable bonds is 4. The summed E-state index contributed by atoms with van der Waals surface area (Å²) in [6.07, 6.45) is 4.42. The van der Waals surface area contributed by atoms with E-state index in [9.17, 15) is 9.59 Å². The average Bonchev–Trinajstić information content (AvgIpc) is 3.33. The van der Waals surface area contributed by atoms with Gasteiger partial charge in [0.1, 0.15) is 11.6 Å². The van der Waals surface area contributed by atoms with E-state index in [2.05, 4.69) is 10.4 Å². The fraction of sp³-hybridized carbons (Fsp3) is 0.389.